The molecule has 0 saturated heterocycles. The average Bonchev–Trinajstić information content (AvgIpc) is 3.10. The first-order valence-electron chi connectivity index (χ1n) is 5.50. The van der Waals surface area contributed by atoms with E-state index >= 15 is 0 Å². The lowest BCUT2D eigenvalue weighted by Crippen LogP contribution is -2.29. The molecule has 0 spiro atoms. The zero-order chi connectivity index (χ0) is 15.1. The highest BCUT2D eigenvalue weighted by atomic mass is 32.2. The quantitative estimate of drug-likeness (QED) is 0.682. The van der Waals surface area contributed by atoms with Gasteiger partial charge in [-0.05, 0) is 30.4 Å². The molecule has 1 N–H and O–H groups in total. The van der Waals surface area contributed by atoms with Gasteiger partial charge in [0.05, 0.1) is 0 Å². The molecule has 110 valence electrons. The fraction of sp³-hybridized carbons (Fsp3) is 0.364. The van der Waals surface area contributed by atoms with Crippen LogP contribution in [0.3, 0.4) is 0 Å². The van der Waals surface area contributed by atoms with Gasteiger partial charge >= 0.3 is 21.6 Å². The number of hydrogen-bond donors (Lipinski definition) is 1. The van der Waals surface area contributed by atoms with Crippen molar-refractivity contribution in [1.82, 2.24) is 0 Å². The molecule has 9 heteroatoms. The topological polar surface area (TPSA) is 80.7 Å². The van der Waals surface area contributed by atoms with Crippen molar-refractivity contribution in [3.05, 3.63) is 29.3 Å². The molecule has 1 fully saturated rings. The van der Waals surface area contributed by atoms with Gasteiger partial charge in [-0.3, -0.25) is 0 Å². The molecule has 0 heterocycles. The third kappa shape index (κ3) is 2.72. The van der Waals surface area contributed by atoms with Crippen molar-refractivity contribution in [2.45, 2.75) is 24.3 Å². The largest absolute Gasteiger partial charge is 0.534 e. The van der Waals surface area contributed by atoms with Crippen LogP contribution in [0.4, 0.5) is 13.2 Å². The van der Waals surface area contributed by atoms with Gasteiger partial charge in [0.2, 0.25) is 0 Å². The maximum atomic E-state index is 12.3. The molecule has 20 heavy (non-hydrogen) atoms. The highest BCUT2D eigenvalue weighted by Gasteiger charge is 2.49. The Morgan fingerprint density at radius 3 is 2.35 bits per heavy atom. The second-order valence-corrected chi connectivity index (χ2v) is 5.82. The molecule has 1 saturated carbocycles. The molecule has 0 aromatic heterocycles. The zero-order valence-electron chi connectivity index (χ0n) is 9.85. The smallest absolute Gasteiger partial charge is 0.478 e. The Balaban J connectivity index is 2.52. The van der Waals surface area contributed by atoms with Crippen LogP contribution in [-0.4, -0.2) is 25.0 Å². The third-order valence-corrected chi connectivity index (χ3v) is 3.72. The summed E-state index contributed by atoms with van der Waals surface area (Å²) in [4.78, 5) is 11.0. The highest BCUT2D eigenvalue weighted by Crippen LogP contribution is 2.46. The summed E-state index contributed by atoms with van der Waals surface area (Å²) in [5.74, 6) is -2.48. The average molecular weight is 310 g/mol. The second-order valence-electron chi connectivity index (χ2n) is 4.29. The maximum Gasteiger partial charge on any atom is 0.534 e. The van der Waals surface area contributed by atoms with Crippen LogP contribution in [0, 0.1) is 0 Å². The molecule has 0 bridgehead atoms. The first-order chi connectivity index (χ1) is 9.13. The van der Waals surface area contributed by atoms with Crippen molar-refractivity contribution in [2.24, 2.45) is 0 Å². The molecule has 0 radical (unpaired) electrons. The Kier molecular flexibility index (Phi) is 3.41. The van der Waals surface area contributed by atoms with Crippen LogP contribution in [0.2, 0.25) is 0 Å². The summed E-state index contributed by atoms with van der Waals surface area (Å²) >= 11 is 0. The fourth-order valence-corrected chi connectivity index (χ4v) is 2.19. The predicted molar refractivity (Wildman–Crippen MR) is 61.0 cm³/mol. The van der Waals surface area contributed by atoms with Crippen molar-refractivity contribution in [2.75, 3.05) is 0 Å². The van der Waals surface area contributed by atoms with E-state index in [-0.39, 0.29) is 11.5 Å². The van der Waals surface area contributed by atoms with Crippen LogP contribution in [0.25, 0.3) is 0 Å². The number of halogens is 3. The number of carboxylic acid groups (broad SMARTS) is 1. The Bertz CT molecular complexity index is 647. The first-order valence-corrected chi connectivity index (χ1v) is 6.91. The van der Waals surface area contributed by atoms with Crippen LogP contribution in [0.5, 0.6) is 5.75 Å². The summed E-state index contributed by atoms with van der Waals surface area (Å²) in [6, 6.07) is 3.70. The van der Waals surface area contributed by atoms with Crippen molar-refractivity contribution in [1.29, 1.82) is 0 Å². The van der Waals surface area contributed by atoms with E-state index in [0.29, 0.717) is 12.8 Å². The van der Waals surface area contributed by atoms with Gasteiger partial charge < -0.3 is 9.29 Å². The highest BCUT2D eigenvalue weighted by molar-refractivity contribution is 7.88. The van der Waals surface area contributed by atoms with E-state index < -0.39 is 32.9 Å². The second kappa shape index (κ2) is 4.65. The summed E-state index contributed by atoms with van der Waals surface area (Å²) < 4.78 is 63.2. The molecule has 1 aromatic rings. The Hall–Kier alpha value is -1.77. The van der Waals surface area contributed by atoms with Gasteiger partial charge in [0.15, 0.2) is 5.75 Å². The number of carboxylic acids is 1. The molecule has 1 aliphatic rings. The normalized spacial score (nSPS) is 15.9. The molecule has 5 nitrogen and oxygen atoms in total. The molecule has 2 rings (SSSR count). The van der Waals surface area contributed by atoms with Gasteiger partial charge in [-0.25, -0.2) is 4.79 Å². The molecule has 0 amide bonds. The minimum atomic E-state index is -5.90. The van der Waals surface area contributed by atoms with E-state index in [1.54, 1.807) is 0 Å². The predicted octanol–water partition coefficient (Wildman–Crippen LogP) is 2.49. The van der Waals surface area contributed by atoms with Crippen molar-refractivity contribution < 1.29 is 35.7 Å². The van der Waals surface area contributed by atoms with E-state index in [1.165, 1.54) is 12.1 Å². The molecule has 0 aliphatic heterocycles. The maximum absolute atomic E-state index is 12.3. The van der Waals surface area contributed by atoms with Crippen LogP contribution in [0.1, 0.15) is 34.7 Å². The van der Waals surface area contributed by atoms with Gasteiger partial charge in [-0.1, -0.05) is 12.1 Å². The lowest BCUT2D eigenvalue weighted by atomic mass is 10.1. The van der Waals surface area contributed by atoms with E-state index in [9.17, 15) is 26.4 Å². The van der Waals surface area contributed by atoms with Gasteiger partial charge in [0.1, 0.15) is 5.56 Å². The van der Waals surface area contributed by atoms with Gasteiger partial charge in [-0.15, -0.1) is 0 Å². The Morgan fingerprint density at radius 1 is 1.30 bits per heavy atom. The van der Waals surface area contributed by atoms with Crippen molar-refractivity contribution >= 4 is 16.1 Å². The number of carbonyl (C=O) groups is 1. The number of rotatable bonds is 4. The lowest BCUT2D eigenvalue weighted by Gasteiger charge is -2.14. The molecule has 0 atom stereocenters. The first kappa shape index (κ1) is 14.6. The summed E-state index contributed by atoms with van der Waals surface area (Å²) in [5.41, 5.74) is -6.06. The Morgan fingerprint density at radius 2 is 1.90 bits per heavy atom. The number of aromatic carboxylic acids is 1. The molecule has 1 aromatic carbocycles. The number of benzene rings is 1. The van der Waals surface area contributed by atoms with Gasteiger partial charge in [0.25, 0.3) is 0 Å². The van der Waals surface area contributed by atoms with Crippen LogP contribution < -0.4 is 4.18 Å². The van der Waals surface area contributed by atoms with Crippen LogP contribution in [-0.2, 0) is 10.1 Å². The molecular formula is C11H9F3O5S. The molecular weight excluding hydrogens is 301 g/mol. The standard InChI is InChI=1S/C11H9F3O5S/c12-11(13,14)20(17,18)19-9-7(6-4-5-6)2-1-3-8(9)10(15)16/h1-3,6H,4-5H2,(H,15,16). The van der Waals surface area contributed by atoms with E-state index in [4.69, 9.17) is 5.11 Å². The Labute approximate surface area is 112 Å². The van der Waals surface area contributed by atoms with Gasteiger partial charge in [-0.2, -0.15) is 21.6 Å². The summed E-state index contributed by atoms with van der Waals surface area (Å²) in [6.45, 7) is 0. The summed E-state index contributed by atoms with van der Waals surface area (Å²) in [7, 11) is -5.90. The SMILES string of the molecule is O=C(O)c1cccc(C2CC2)c1OS(=O)(=O)C(F)(F)F. The molecule has 1 aliphatic carbocycles. The summed E-state index contributed by atoms with van der Waals surface area (Å²) in [6.07, 6.45) is 1.29. The molecule has 0 unspecified atom stereocenters. The summed E-state index contributed by atoms with van der Waals surface area (Å²) in [5, 5.41) is 8.94. The van der Waals surface area contributed by atoms with E-state index in [2.05, 4.69) is 4.18 Å². The lowest BCUT2D eigenvalue weighted by molar-refractivity contribution is -0.0500. The van der Waals surface area contributed by atoms with Crippen LogP contribution in [0.15, 0.2) is 18.2 Å². The minimum absolute atomic E-state index is 0.165. The zero-order valence-corrected chi connectivity index (χ0v) is 10.7. The van der Waals surface area contributed by atoms with Crippen LogP contribution >= 0.6 is 0 Å². The minimum Gasteiger partial charge on any atom is -0.478 e. The number of hydrogen-bond acceptors (Lipinski definition) is 4. The van der Waals surface area contributed by atoms with E-state index in [0.717, 1.165) is 6.07 Å². The monoisotopic (exact) mass is 310 g/mol. The van der Waals surface area contributed by atoms with E-state index in [1.807, 2.05) is 0 Å². The van der Waals surface area contributed by atoms with Gasteiger partial charge in [0, 0.05) is 0 Å². The number of alkyl halides is 3. The van der Waals surface area contributed by atoms with Crippen molar-refractivity contribution in [3.8, 4) is 5.75 Å². The fourth-order valence-electron chi connectivity index (χ4n) is 1.69. The third-order valence-electron chi connectivity index (χ3n) is 2.77. The van der Waals surface area contributed by atoms with Crippen molar-refractivity contribution in [3.63, 3.8) is 0 Å². The number of para-hydroxylation sites is 1.